The lowest BCUT2D eigenvalue weighted by atomic mass is 9.78. The zero-order chi connectivity index (χ0) is 21.6. The summed E-state index contributed by atoms with van der Waals surface area (Å²) in [5, 5.41) is 0.122. The topological polar surface area (TPSA) is 9.23 Å². The van der Waals surface area contributed by atoms with Gasteiger partial charge in [0.15, 0.2) is 11.6 Å². The van der Waals surface area contributed by atoms with Gasteiger partial charge < -0.3 is 4.74 Å². The zero-order valence-electron chi connectivity index (χ0n) is 16.5. The average molecular weight is 539 g/mol. The van der Waals surface area contributed by atoms with Crippen LogP contribution in [0.25, 0.3) is 0 Å². The molecule has 3 aromatic carbocycles. The summed E-state index contributed by atoms with van der Waals surface area (Å²) < 4.78 is 35.8. The van der Waals surface area contributed by atoms with Crippen molar-refractivity contribution in [2.75, 3.05) is 0 Å². The van der Waals surface area contributed by atoms with E-state index in [1.165, 1.54) is 12.1 Å². The lowest BCUT2D eigenvalue weighted by molar-refractivity contribution is 0.441. The van der Waals surface area contributed by atoms with Crippen LogP contribution >= 0.6 is 34.2 Å². The molecule has 1 atom stereocenters. The van der Waals surface area contributed by atoms with E-state index in [0.717, 1.165) is 30.4 Å². The minimum Gasteiger partial charge on any atom is -0.454 e. The molecule has 0 aliphatic rings. The number of aryl methyl sites for hydroxylation is 1. The van der Waals surface area contributed by atoms with E-state index in [4.69, 9.17) is 16.3 Å². The number of allylic oxidation sites excluding steroid dienone is 1. The van der Waals surface area contributed by atoms with Crippen LogP contribution in [0.2, 0.25) is 5.02 Å². The molecule has 156 valence electrons. The second kappa shape index (κ2) is 10.4. The third kappa shape index (κ3) is 5.82. The monoisotopic (exact) mass is 538 g/mol. The molecule has 0 aliphatic carbocycles. The second-order valence-corrected chi connectivity index (χ2v) is 8.50. The van der Waals surface area contributed by atoms with Gasteiger partial charge >= 0.3 is 0 Å². The molecule has 0 heterocycles. The molecule has 1 unspecified atom stereocenters. The summed E-state index contributed by atoms with van der Waals surface area (Å²) in [6.45, 7) is 2.08. The largest absolute Gasteiger partial charge is 0.454 e. The Labute approximate surface area is 194 Å². The van der Waals surface area contributed by atoms with Crippen LogP contribution in [0.3, 0.4) is 0 Å². The van der Waals surface area contributed by atoms with Gasteiger partial charge in [0.2, 0.25) is 0 Å². The van der Waals surface area contributed by atoms with E-state index >= 15 is 0 Å². The van der Waals surface area contributed by atoms with Crippen LogP contribution in [0.1, 0.15) is 30.9 Å². The van der Waals surface area contributed by atoms with Gasteiger partial charge in [-0.05, 0) is 70.9 Å². The SMILES string of the molecule is CC(C=CI)(CCCc1ccc(F)c(Oc2ccccc2)c1)c1ccc(Cl)c(F)c1. The molecule has 0 fully saturated rings. The first kappa shape index (κ1) is 22.8. The van der Waals surface area contributed by atoms with Crippen LogP contribution in [0.15, 0.2) is 76.9 Å². The Morgan fingerprint density at radius 1 is 1.00 bits per heavy atom. The third-order valence-electron chi connectivity index (χ3n) is 5.14. The Balaban J connectivity index is 1.71. The molecule has 0 aliphatic heterocycles. The van der Waals surface area contributed by atoms with E-state index in [9.17, 15) is 8.78 Å². The summed E-state index contributed by atoms with van der Waals surface area (Å²) in [7, 11) is 0. The molecule has 0 aromatic heterocycles. The fourth-order valence-electron chi connectivity index (χ4n) is 3.37. The zero-order valence-corrected chi connectivity index (χ0v) is 19.5. The smallest absolute Gasteiger partial charge is 0.165 e. The maximum atomic E-state index is 14.2. The molecule has 0 bridgehead atoms. The molecule has 0 radical (unpaired) electrons. The first-order chi connectivity index (χ1) is 14.4. The molecular formula is C25H22ClF2IO. The Bertz CT molecular complexity index is 1020. The number of hydrogen-bond donors (Lipinski definition) is 0. The molecule has 1 nitrogen and oxygen atoms in total. The average Bonchev–Trinajstić information content (AvgIpc) is 2.73. The predicted octanol–water partition coefficient (Wildman–Crippen LogP) is 8.64. The Hall–Kier alpha value is -1.92. The molecule has 5 heteroatoms. The van der Waals surface area contributed by atoms with Crippen molar-refractivity contribution in [1.82, 2.24) is 0 Å². The van der Waals surface area contributed by atoms with Crippen molar-refractivity contribution in [2.45, 2.75) is 31.6 Å². The highest BCUT2D eigenvalue weighted by Gasteiger charge is 2.24. The van der Waals surface area contributed by atoms with E-state index < -0.39 is 11.6 Å². The minimum atomic E-state index is -0.413. The van der Waals surface area contributed by atoms with Crippen LogP contribution in [-0.2, 0) is 11.8 Å². The number of halogens is 4. The van der Waals surface area contributed by atoms with Gasteiger partial charge in [-0.2, -0.15) is 0 Å². The van der Waals surface area contributed by atoms with Crippen LogP contribution in [0.5, 0.6) is 11.5 Å². The standard InChI is InChI=1S/C25H22ClF2IO/c1-25(14-15-29,19-10-11-21(26)23(28)17-19)13-5-6-18-9-12-22(27)24(16-18)30-20-7-3-2-4-8-20/h2-4,7-12,14-17H,5-6,13H2,1H3. The first-order valence-corrected chi connectivity index (χ1v) is 11.3. The lowest BCUT2D eigenvalue weighted by Crippen LogP contribution is -2.19. The Morgan fingerprint density at radius 2 is 1.77 bits per heavy atom. The second-order valence-electron chi connectivity index (χ2n) is 7.37. The summed E-state index contributed by atoms with van der Waals surface area (Å²) >= 11 is 8.02. The van der Waals surface area contributed by atoms with Crippen molar-refractivity contribution >= 4 is 34.2 Å². The highest BCUT2D eigenvalue weighted by molar-refractivity contribution is 14.1. The summed E-state index contributed by atoms with van der Waals surface area (Å²) in [4.78, 5) is 0. The van der Waals surface area contributed by atoms with Crippen molar-refractivity contribution in [2.24, 2.45) is 0 Å². The number of ether oxygens (including phenoxy) is 1. The van der Waals surface area contributed by atoms with Crippen LogP contribution in [0, 0.1) is 11.6 Å². The fraction of sp³-hybridized carbons (Fsp3) is 0.200. The van der Waals surface area contributed by atoms with E-state index in [-0.39, 0.29) is 16.2 Å². The van der Waals surface area contributed by atoms with Gasteiger partial charge in [-0.25, -0.2) is 8.78 Å². The number of rotatable bonds is 8. The van der Waals surface area contributed by atoms with Gasteiger partial charge in [-0.15, -0.1) is 0 Å². The molecule has 3 rings (SSSR count). The van der Waals surface area contributed by atoms with Gasteiger partial charge in [-0.3, -0.25) is 0 Å². The van der Waals surface area contributed by atoms with E-state index in [1.807, 2.05) is 28.3 Å². The first-order valence-electron chi connectivity index (χ1n) is 9.66. The number of hydrogen-bond acceptors (Lipinski definition) is 1. The van der Waals surface area contributed by atoms with Crippen LogP contribution in [0.4, 0.5) is 8.78 Å². The van der Waals surface area contributed by atoms with Gasteiger partial charge in [0.05, 0.1) is 5.02 Å². The van der Waals surface area contributed by atoms with E-state index in [0.29, 0.717) is 5.75 Å². The molecule has 0 spiro atoms. The number of benzene rings is 3. The molecule has 30 heavy (non-hydrogen) atoms. The Kier molecular flexibility index (Phi) is 7.89. The van der Waals surface area contributed by atoms with Crippen molar-refractivity contribution in [3.05, 3.63) is 105 Å². The normalized spacial score (nSPS) is 13.4. The summed E-state index contributed by atoms with van der Waals surface area (Å²) in [6, 6.07) is 19.1. The highest BCUT2D eigenvalue weighted by atomic mass is 127. The van der Waals surface area contributed by atoms with Gasteiger partial charge in [-0.1, -0.05) is 77.5 Å². The quantitative estimate of drug-likeness (QED) is 0.261. The fourth-order valence-corrected chi connectivity index (χ4v) is 4.28. The predicted molar refractivity (Wildman–Crippen MR) is 128 cm³/mol. The molecule has 0 saturated carbocycles. The van der Waals surface area contributed by atoms with E-state index in [1.54, 1.807) is 30.3 Å². The third-order valence-corrected chi connectivity index (χ3v) is 5.80. The lowest BCUT2D eigenvalue weighted by Gasteiger charge is -2.27. The van der Waals surface area contributed by atoms with Crippen molar-refractivity contribution in [1.29, 1.82) is 0 Å². The van der Waals surface area contributed by atoms with Gasteiger partial charge in [0, 0.05) is 5.41 Å². The van der Waals surface area contributed by atoms with Crippen molar-refractivity contribution in [3.8, 4) is 11.5 Å². The molecule has 0 saturated heterocycles. The maximum absolute atomic E-state index is 14.2. The highest BCUT2D eigenvalue weighted by Crippen LogP contribution is 2.34. The number of para-hydroxylation sites is 1. The minimum absolute atomic E-state index is 0.122. The summed E-state index contributed by atoms with van der Waals surface area (Å²) in [6.07, 6.45) is 4.48. The van der Waals surface area contributed by atoms with Crippen LogP contribution in [-0.4, -0.2) is 0 Å². The molecule has 0 N–H and O–H groups in total. The van der Waals surface area contributed by atoms with Crippen molar-refractivity contribution in [3.63, 3.8) is 0 Å². The summed E-state index contributed by atoms with van der Waals surface area (Å²) in [5.74, 6) is 0.00637. The molecule has 3 aromatic rings. The summed E-state index contributed by atoms with van der Waals surface area (Å²) in [5.41, 5.74) is 1.55. The van der Waals surface area contributed by atoms with Gasteiger partial charge in [0.1, 0.15) is 11.6 Å². The Morgan fingerprint density at radius 3 is 2.47 bits per heavy atom. The molecular weight excluding hydrogens is 517 g/mol. The van der Waals surface area contributed by atoms with Crippen LogP contribution < -0.4 is 4.74 Å². The van der Waals surface area contributed by atoms with E-state index in [2.05, 4.69) is 35.6 Å². The maximum Gasteiger partial charge on any atom is 0.165 e. The van der Waals surface area contributed by atoms with Gasteiger partial charge in [0.25, 0.3) is 0 Å². The molecule has 0 amide bonds. The van der Waals surface area contributed by atoms with Crippen molar-refractivity contribution < 1.29 is 13.5 Å².